The van der Waals surface area contributed by atoms with Crippen LogP contribution in [-0.2, 0) is 0 Å². The van der Waals surface area contributed by atoms with Gasteiger partial charge in [0.05, 0.1) is 0 Å². The summed E-state index contributed by atoms with van der Waals surface area (Å²) in [6.07, 6.45) is 5.39. The minimum absolute atomic E-state index is 1.12. The van der Waals surface area contributed by atoms with E-state index in [1.807, 2.05) is 0 Å². The van der Waals surface area contributed by atoms with Crippen LogP contribution in [0, 0.1) is 0 Å². The van der Waals surface area contributed by atoms with E-state index >= 15 is 0 Å². The van der Waals surface area contributed by atoms with Crippen LogP contribution in [-0.4, -0.2) is 33.6 Å². The van der Waals surface area contributed by atoms with Gasteiger partial charge in [-0.1, -0.05) is 46.5 Å². The fraction of sp³-hybridized carbons (Fsp3) is 1.00. The summed E-state index contributed by atoms with van der Waals surface area (Å²) < 4.78 is 2.52. The van der Waals surface area contributed by atoms with Crippen LogP contribution < -0.4 is 4.98 Å². The normalized spacial score (nSPS) is 12.4. The minimum atomic E-state index is -1.33. The number of nitrogens with zero attached hydrogens (tertiary/aromatic N) is 1. The zero-order chi connectivity index (χ0) is 11.7. The smallest absolute Gasteiger partial charge is 0.203 e. The molecule has 0 aliphatic carbocycles. The van der Waals surface area contributed by atoms with Crippen molar-refractivity contribution in [3.8, 4) is 0 Å². The number of unbranched alkanes of at least 4 members (excludes halogenated alkanes) is 2. The van der Waals surface area contributed by atoms with Crippen LogP contribution >= 0.6 is 0 Å². The zero-order valence-electron chi connectivity index (χ0n) is 11.4. The molecule has 0 saturated heterocycles. The first-order chi connectivity index (χ1) is 7.13. The number of rotatable bonds is 9. The van der Waals surface area contributed by atoms with Gasteiger partial charge in [0.15, 0.2) is 0 Å². The molecule has 0 aromatic heterocycles. The van der Waals surface area contributed by atoms with Gasteiger partial charge in [-0.25, -0.2) is 0 Å². The monoisotopic (exact) mass is 230 g/mol. The summed E-state index contributed by atoms with van der Waals surface area (Å²) in [4.78, 5) is 3.83. The topological polar surface area (TPSA) is 15.3 Å². The Morgan fingerprint density at radius 3 is 1.67 bits per heavy atom. The van der Waals surface area contributed by atoms with E-state index in [0.29, 0.717) is 0 Å². The van der Waals surface area contributed by atoms with E-state index in [4.69, 9.17) is 0 Å². The molecule has 0 aliphatic rings. The lowest BCUT2D eigenvalue weighted by Gasteiger charge is -2.38. The highest BCUT2D eigenvalue weighted by Crippen LogP contribution is 2.21. The highest BCUT2D eigenvalue weighted by molar-refractivity contribution is 6.74. The Morgan fingerprint density at radius 2 is 1.40 bits per heavy atom. The van der Waals surface area contributed by atoms with Gasteiger partial charge >= 0.3 is 0 Å². The molecule has 0 spiro atoms. The molecule has 0 aliphatic heterocycles. The maximum atomic E-state index is 3.83. The quantitative estimate of drug-likeness (QED) is 0.612. The van der Waals surface area contributed by atoms with Crippen molar-refractivity contribution in [3.63, 3.8) is 0 Å². The van der Waals surface area contributed by atoms with Crippen LogP contribution in [0.25, 0.3) is 0 Å². The maximum absolute atomic E-state index is 3.83. The maximum Gasteiger partial charge on any atom is 0.203 e. The first-order valence-corrected chi connectivity index (χ1v) is 8.91. The summed E-state index contributed by atoms with van der Waals surface area (Å²) in [5.41, 5.74) is 0. The van der Waals surface area contributed by atoms with Gasteiger partial charge in [-0.15, -0.1) is 0 Å². The van der Waals surface area contributed by atoms with E-state index in [1.165, 1.54) is 37.8 Å². The highest BCUT2D eigenvalue weighted by Gasteiger charge is 2.33. The fourth-order valence-electron chi connectivity index (χ4n) is 2.17. The van der Waals surface area contributed by atoms with E-state index in [2.05, 4.69) is 44.4 Å². The Labute approximate surface area is 97.6 Å². The zero-order valence-corrected chi connectivity index (χ0v) is 12.4. The SMILES string of the molecule is CCCC[Si](CCCC)(NCC)N(C)C. The summed E-state index contributed by atoms with van der Waals surface area (Å²) >= 11 is 0. The predicted octanol–water partition coefficient (Wildman–Crippen LogP) is 3.20. The van der Waals surface area contributed by atoms with Crippen LogP contribution in [0.2, 0.25) is 12.1 Å². The molecule has 15 heavy (non-hydrogen) atoms. The molecule has 92 valence electrons. The van der Waals surface area contributed by atoms with Crippen molar-refractivity contribution in [1.82, 2.24) is 9.55 Å². The van der Waals surface area contributed by atoms with Gasteiger partial charge in [0.2, 0.25) is 8.40 Å². The van der Waals surface area contributed by atoms with Crippen molar-refractivity contribution in [2.45, 2.75) is 58.5 Å². The number of hydrogen-bond acceptors (Lipinski definition) is 2. The van der Waals surface area contributed by atoms with E-state index in [0.717, 1.165) is 6.54 Å². The van der Waals surface area contributed by atoms with E-state index < -0.39 is 8.40 Å². The molecule has 0 radical (unpaired) electrons. The molecule has 0 atom stereocenters. The molecule has 0 unspecified atom stereocenters. The molecule has 0 heterocycles. The largest absolute Gasteiger partial charge is 0.325 e. The van der Waals surface area contributed by atoms with Crippen LogP contribution in [0.15, 0.2) is 0 Å². The molecule has 0 aromatic rings. The Balaban J connectivity index is 4.41. The molecule has 0 saturated carbocycles. The molecule has 0 fully saturated rings. The lowest BCUT2D eigenvalue weighted by molar-refractivity contribution is 0.560. The van der Waals surface area contributed by atoms with Gasteiger partial charge in [-0.2, -0.15) is 0 Å². The van der Waals surface area contributed by atoms with Gasteiger partial charge in [0.1, 0.15) is 0 Å². The fourth-order valence-corrected chi connectivity index (χ4v) is 6.52. The Morgan fingerprint density at radius 1 is 0.933 bits per heavy atom. The molecule has 2 nitrogen and oxygen atoms in total. The highest BCUT2D eigenvalue weighted by atomic mass is 28.3. The van der Waals surface area contributed by atoms with E-state index in [-0.39, 0.29) is 0 Å². The molecular formula is C12H30N2Si. The second kappa shape index (κ2) is 8.31. The second-order valence-corrected chi connectivity index (χ2v) is 8.97. The second-order valence-electron chi connectivity index (χ2n) is 4.66. The average Bonchev–Trinajstić information content (AvgIpc) is 2.22. The van der Waals surface area contributed by atoms with Crippen LogP contribution in [0.5, 0.6) is 0 Å². The number of hydrogen-bond donors (Lipinski definition) is 1. The summed E-state index contributed by atoms with van der Waals surface area (Å²) in [6.45, 7) is 7.95. The molecule has 0 bridgehead atoms. The van der Waals surface area contributed by atoms with Crippen molar-refractivity contribution >= 4 is 8.40 Å². The third-order valence-electron chi connectivity index (χ3n) is 3.25. The first-order valence-electron chi connectivity index (χ1n) is 6.55. The third-order valence-corrected chi connectivity index (χ3v) is 8.33. The van der Waals surface area contributed by atoms with Gasteiger partial charge in [0.25, 0.3) is 0 Å². The van der Waals surface area contributed by atoms with Crippen molar-refractivity contribution < 1.29 is 0 Å². The van der Waals surface area contributed by atoms with Crippen LogP contribution in [0.1, 0.15) is 46.5 Å². The van der Waals surface area contributed by atoms with Crippen molar-refractivity contribution in [2.75, 3.05) is 20.6 Å². The Hall–Kier alpha value is 0.137. The van der Waals surface area contributed by atoms with Gasteiger partial charge in [-0.3, -0.25) is 0 Å². The Bertz CT molecular complexity index is 141. The van der Waals surface area contributed by atoms with E-state index in [1.54, 1.807) is 0 Å². The summed E-state index contributed by atoms with van der Waals surface area (Å²) in [6, 6.07) is 2.81. The molecule has 1 N–H and O–H groups in total. The van der Waals surface area contributed by atoms with Gasteiger partial charge in [0, 0.05) is 0 Å². The lowest BCUT2D eigenvalue weighted by Crippen LogP contribution is -2.61. The van der Waals surface area contributed by atoms with Crippen molar-refractivity contribution in [1.29, 1.82) is 0 Å². The van der Waals surface area contributed by atoms with E-state index in [9.17, 15) is 0 Å². The molecule has 3 heteroatoms. The molecular weight excluding hydrogens is 200 g/mol. The summed E-state index contributed by atoms with van der Waals surface area (Å²) in [7, 11) is 3.20. The Kier molecular flexibility index (Phi) is 8.38. The standard InChI is InChI=1S/C12H30N2Si/c1-6-9-11-15(13-8-3,14(4)5)12-10-7-2/h13H,6-12H2,1-5H3. The van der Waals surface area contributed by atoms with Gasteiger partial charge < -0.3 is 9.55 Å². The molecule has 0 aromatic carbocycles. The summed E-state index contributed by atoms with van der Waals surface area (Å²) in [5.74, 6) is 0. The minimum Gasteiger partial charge on any atom is -0.325 e. The van der Waals surface area contributed by atoms with Crippen LogP contribution in [0.3, 0.4) is 0 Å². The van der Waals surface area contributed by atoms with Gasteiger partial charge in [-0.05, 0) is 32.7 Å². The molecule has 0 amide bonds. The first kappa shape index (κ1) is 15.1. The summed E-state index contributed by atoms with van der Waals surface area (Å²) in [5, 5.41) is 0. The predicted molar refractivity (Wildman–Crippen MR) is 72.5 cm³/mol. The third kappa shape index (κ3) is 5.14. The van der Waals surface area contributed by atoms with Crippen molar-refractivity contribution in [2.24, 2.45) is 0 Å². The average molecular weight is 230 g/mol. The number of nitrogens with one attached hydrogen (secondary N) is 1. The lowest BCUT2D eigenvalue weighted by atomic mass is 10.4. The van der Waals surface area contributed by atoms with Crippen molar-refractivity contribution in [3.05, 3.63) is 0 Å². The van der Waals surface area contributed by atoms with Crippen LogP contribution in [0.4, 0.5) is 0 Å². The molecule has 0 rings (SSSR count).